The molecule has 0 spiro atoms. The minimum Gasteiger partial charge on any atom is -0.339 e. The van der Waals surface area contributed by atoms with Crippen LogP contribution >= 0.6 is 11.3 Å². The number of hydrogen-bond acceptors (Lipinski definition) is 7. The molecule has 0 saturated heterocycles. The molecule has 3 aromatic heterocycles. The molecule has 27 heavy (non-hydrogen) atoms. The standard InChI is InChI=1S/C19H17N5O2S/c1-2-12-6-7-13-15(11-12)27-19(21-13)22-16(25)8-9-17-23-18(24-26-17)14-5-3-4-10-20-14/h3-7,10-11H,2,8-9H2,1H3,(H,21,22,25). The number of pyridine rings is 1. The van der Waals surface area contributed by atoms with Crippen LogP contribution in [0.15, 0.2) is 47.1 Å². The van der Waals surface area contributed by atoms with E-state index in [4.69, 9.17) is 4.52 Å². The van der Waals surface area contributed by atoms with Crippen LogP contribution < -0.4 is 5.32 Å². The van der Waals surface area contributed by atoms with Gasteiger partial charge >= 0.3 is 0 Å². The number of carbonyl (C=O) groups excluding carboxylic acids is 1. The molecular weight excluding hydrogens is 362 g/mol. The van der Waals surface area contributed by atoms with Crippen LogP contribution in [0.1, 0.15) is 24.8 Å². The Balaban J connectivity index is 1.37. The van der Waals surface area contributed by atoms with Gasteiger partial charge in [-0.2, -0.15) is 4.98 Å². The molecule has 4 aromatic rings. The summed E-state index contributed by atoms with van der Waals surface area (Å²) < 4.78 is 6.27. The fraction of sp³-hybridized carbons (Fsp3) is 0.211. The number of nitrogens with one attached hydrogen (secondary N) is 1. The van der Waals surface area contributed by atoms with Crippen molar-refractivity contribution in [1.82, 2.24) is 20.1 Å². The smallest absolute Gasteiger partial charge is 0.227 e. The van der Waals surface area contributed by atoms with E-state index in [0.717, 1.165) is 16.6 Å². The van der Waals surface area contributed by atoms with Crippen molar-refractivity contribution in [2.24, 2.45) is 0 Å². The summed E-state index contributed by atoms with van der Waals surface area (Å²) >= 11 is 1.48. The lowest BCUT2D eigenvalue weighted by Gasteiger charge is -1.98. The van der Waals surface area contributed by atoms with E-state index in [1.807, 2.05) is 18.2 Å². The number of fused-ring (bicyclic) bond motifs is 1. The number of benzene rings is 1. The number of aromatic nitrogens is 4. The Hall–Kier alpha value is -3.13. The van der Waals surface area contributed by atoms with Crippen molar-refractivity contribution in [2.45, 2.75) is 26.2 Å². The van der Waals surface area contributed by atoms with Crippen molar-refractivity contribution in [3.63, 3.8) is 0 Å². The Bertz CT molecular complexity index is 1070. The van der Waals surface area contributed by atoms with Gasteiger partial charge in [-0.15, -0.1) is 0 Å². The highest BCUT2D eigenvalue weighted by Crippen LogP contribution is 2.27. The van der Waals surface area contributed by atoms with E-state index in [9.17, 15) is 4.79 Å². The number of carbonyl (C=O) groups is 1. The van der Waals surface area contributed by atoms with E-state index < -0.39 is 0 Å². The second kappa shape index (κ2) is 7.63. The predicted octanol–water partition coefficient (Wildman–Crippen LogP) is 3.88. The molecule has 0 aliphatic carbocycles. The maximum Gasteiger partial charge on any atom is 0.227 e. The second-order valence-electron chi connectivity index (χ2n) is 5.95. The van der Waals surface area contributed by atoms with E-state index in [1.165, 1.54) is 16.9 Å². The van der Waals surface area contributed by atoms with E-state index in [2.05, 4.69) is 44.5 Å². The van der Waals surface area contributed by atoms with Crippen LogP contribution in [0.2, 0.25) is 0 Å². The first kappa shape index (κ1) is 17.3. The van der Waals surface area contributed by atoms with E-state index in [1.54, 1.807) is 12.3 Å². The molecule has 4 rings (SSSR count). The lowest BCUT2D eigenvalue weighted by Crippen LogP contribution is -2.12. The van der Waals surface area contributed by atoms with Crippen LogP contribution in [0.4, 0.5) is 5.13 Å². The zero-order valence-electron chi connectivity index (χ0n) is 14.7. The van der Waals surface area contributed by atoms with Gasteiger partial charge in [0.05, 0.1) is 10.2 Å². The highest BCUT2D eigenvalue weighted by molar-refractivity contribution is 7.22. The second-order valence-corrected chi connectivity index (χ2v) is 6.98. The summed E-state index contributed by atoms with van der Waals surface area (Å²) in [5.41, 5.74) is 2.78. The quantitative estimate of drug-likeness (QED) is 0.546. The zero-order valence-corrected chi connectivity index (χ0v) is 15.5. The Kier molecular flexibility index (Phi) is 4.88. The summed E-state index contributed by atoms with van der Waals surface area (Å²) in [6.45, 7) is 2.11. The van der Waals surface area contributed by atoms with Gasteiger partial charge < -0.3 is 9.84 Å². The average molecular weight is 379 g/mol. The van der Waals surface area contributed by atoms with Gasteiger partial charge in [-0.25, -0.2) is 4.98 Å². The lowest BCUT2D eigenvalue weighted by atomic mass is 10.2. The summed E-state index contributed by atoms with van der Waals surface area (Å²) in [7, 11) is 0. The van der Waals surface area contributed by atoms with Crippen LogP contribution in [0.5, 0.6) is 0 Å². The molecule has 0 unspecified atom stereocenters. The topological polar surface area (TPSA) is 93.8 Å². The average Bonchev–Trinajstić information content (AvgIpc) is 3.33. The number of thiazole rings is 1. The minimum atomic E-state index is -0.137. The molecule has 0 saturated carbocycles. The monoisotopic (exact) mass is 379 g/mol. The zero-order chi connectivity index (χ0) is 18.6. The van der Waals surface area contributed by atoms with Gasteiger partial charge in [-0.05, 0) is 36.2 Å². The van der Waals surface area contributed by atoms with Gasteiger partial charge in [0.25, 0.3) is 0 Å². The number of rotatable bonds is 6. The van der Waals surface area contributed by atoms with E-state index in [0.29, 0.717) is 29.0 Å². The van der Waals surface area contributed by atoms with Crippen LogP contribution in [0.3, 0.4) is 0 Å². The van der Waals surface area contributed by atoms with Crippen LogP contribution in [0, 0.1) is 0 Å². The third-order valence-corrected chi connectivity index (χ3v) is 4.97. The van der Waals surface area contributed by atoms with Gasteiger partial charge in [0, 0.05) is 19.0 Å². The molecule has 3 heterocycles. The van der Waals surface area contributed by atoms with E-state index in [-0.39, 0.29) is 12.3 Å². The minimum absolute atomic E-state index is 0.137. The molecule has 0 atom stereocenters. The largest absolute Gasteiger partial charge is 0.339 e. The van der Waals surface area contributed by atoms with Crippen LogP contribution in [0.25, 0.3) is 21.7 Å². The fourth-order valence-electron chi connectivity index (χ4n) is 2.60. The lowest BCUT2D eigenvalue weighted by molar-refractivity contribution is -0.116. The molecular formula is C19H17N5O2S. The normalized spacial score (nSPS) is 11.0. The Morgan fingerprint density at radius 2 is 2.15 bits per heavy atom. The first-order valence-electron chi connectivity index (χ1n) is 8.64. The van der Waals surface area contributed by atoms with Crippen molar-refractivity contribution in [3.05, 3.63) is 54.0 Å². The van der Waals surface area contributed by atoms with Gasteiger partial charge in [-0.3, -0.25) is 9.78 Å². The number of hydrogen-bond donors (Lipinski definition) is 1. The molecule has 1 N–H and O–H groups in total. The predicted molar refractivity (Wildman–Crippen MR) is 103 cm³/mol. The maximum absolute atomic E-state index is 12.2. The Morgan fingerprint density at radius 1 is 1.22 bits per heavy atom. The molecule has 0 fully saturated rings. The third kappa shape index (κ3) is 4.01. The molecule has 0 bridgehead atoms. The van der Waals surface area contributed by atoms with E-state index >= 15 is 0 Å². The van der Waals surface area contributed by atoms with Gasteiger partial charge in [0.2, 0.25) is 17.6 Å². The highest BCUT2D eigenvalue weighted by atomic mass is 32.1. The maximum atomic E-state index is 12.2. The van der Waals surface area contributed by atoms with Crippen molar-refractivity contribution in [3.8, 4) is 11.5 Å². The first-order valence-corrected chi connectivity index (χ1v) is 9.46. The van der Waals surface area contributed by atoms with Crippen molar-refractivity contribution in [1.29, 1.82) is 0 Å². The Morgan fingerprint density at radius 3 is 2.96 bits per heavy atom. The molecule has 7 nitrogen and oxygen atoms in total. The molecule has 1 aromatic carbocycles. The number of anilines is 1. The molecule has 0 aliphatic heterocycles. The summed E-state index contributed by atoms with van der Waals surface area (Å²) in [5, 5.41) is 7.35. The number of amides is 1. The summed E-state index contributed by atoms with van der Waals surface area (Å²) in [6, 6.07) is 11.6. The first-order chi connectivity index (χ1) is 13.2. The third-order valence-electron chi connectivity index (χ3n) is 4.04. The molecule has 1 amide bonds. The summed E-state index contributed by atoms with van der Waals surface area (Å²) in [4.78, 5) is 25.1. The fourth-order valence-corrected chi connectivity index (χ4v) is 3.55. The van der Waals surface area contributed by atoms with Gasteiger partial charge in [0.1, 0.15) is 5.69 Å². The van der Waals surface area contributed by atoms with Crippen molar-refractivity contribution >= 4 is 32.6 Å². The van der Waals surface area contributed by atoms with Crippen molar-refractivity contribution < 1.29 is 9.32 Å². The molecule has 8 heteroatoms. The highest BCUT2D eigenvalue weighted by Gasteiger charge is 2.13. The number of aryl methyl sites for hydroxylation is 2. The molecule has 0 radical (unpaired) electrons. The molecule has 0 aliphatic rings. The Labute approximate surface area is 159 Å². The SMILES string of the molecule is CCc1ccc2nc(NC(=O)CCc3nc(-c4ccccn4)no3)sc2c1. The van der Waals surface area contributed by atoms with Crippen molar-refractivity contribution in [2.75, 3.05) is 5.32 Å². The number of nitrogens with zero attached hydrogens (tertiary/aromatic N) is 4. The van der Waals surface area contributed by atoms with Gasteiger partial charge in [-0.1, -0.05) is 35.5 Å². The van der Waals surface area contributed by atoms with Crippen LogP contribution in [-0.4, -0.2) is 26.0 Å². The van der Waals surface area contributed by atoms with Gasteiger partial charge in [0.15, 0.2) is 5.13 Å². The summed E-state index contributed by atoms with van der Waals surface area (Å²) in [6.07, 6.45) is 3.23. The van der Waals surface area contributed by atoms with Crippen LogP contribution in [-0.2, 0) is 17.6 Å². The summed E-state index contributed by atoms with van der Waals surface area (Å²) in [5.74, 6) is 0.689. The molecule has 136 valence electrons.